The highest BCUT2D eigenvalue weighted by Crippen LogP contribution is 1.86. The molecule has 0 bridgehead atoms. The predicted octanol–water partition coefficient (Wildman–Crippen LogP) is 1.60. The number of hydrogen-bond donors (Lipinski definition) is 0. The van der Waals surface area contributed by atoms with E-state index in [1.807, 2.05) is 26.0 Å². The summed E-state index contributed by atoms with van der Waals surface area (Å²) in [6.07, 6.45) is 7.02. The van der Waals surface area contributed by atoms with E-state index in [9.17, 15) is 4.79 Å². The van der Waals surface area contributed by atoms with Gasteiger partial charge in [0.1, 0.15) is 0 Å². The molecule has 0 radical (unpaired) electrons. The fourth-order valence-electron chi connectivity index (χ4n) is 0.532. The van der Waals surface area contributed by atoms with Crippen LogP contribution in [-0.2, 0) is 4.79 Å². The van der Waals surface area contributed by atoms with Crippen LogP contribution in [0, 0.1) is 0 Å². The first-order valence-electron chi connectivity index (χ1n) is 3.76. The minimum Gasteiger partial charge on any atom is -0.343 e. The molecule has 0 spiro atoms. The van der Waals surface area contributed by atoms with Crippen LogP contribution in [0.3, 0.4) is 0 Å². The zero-order valence-electron chi connectivity index (χ0n) is 7.37. The van der Waals surface area contributed by atoms with Crippen molar-refractivity contribution in [3.8, 4) is 0 Å². The minimum atomic E-state index is 0.0469. The van der Waals surface area contributed by atoms with E-state index in [0.717, 1.165) is 6.54 Å². The fraction of sp³-hybridized carbons (Fsp3) is 0.444. The molecule has 62 valence electrons. The standard InChI is InChI=1S/C9H15NO/c1-4-6-7-8-9(11)10(3)5-2/h4,6-8H,5H2,1-3H3/b6-4-,8-7-. The average Bonchev–Trinajstić information content (AvgIpc) is 2.03. The van der Waals surface area contributed by atoms with Crippen LogP contribution >= 0.6 is 0 Å². The number of allylic oxidation sites excluding steroid dienone is 3. The number of nitrogens with zero attached hydrogens (tertiary/aromatic N) is 1. The second kappa shape index (κ2) is 5.71. The van der Waals surface area contributed by atoms with Crippen LogP contribution in [0.2, 0.25) is 0 Å². The van der Waals surface area contributed by atoms with Crippen LogP contribution < -0.4 is 0 Å². The molecule has 0 aromatic heterocycles. The van der Waals surface area contributed by atoms with Gasteiger partial charge in [-0.05, 0) is 13.8 Å². The van der Waals surface area contributed by atoms with E-state index < -0.39 is 0 Å². The van der Waals surface area contributed by atoms with E-state index in [0.29, 0.717) is 0 Å². The molecule has 2 nitrogen and oxygen atoms in total. The summed E-state index contributed by atoms with van der Waals surface area (Å²) in [5.41, 5.74) is 0. The third-order valence-corrected chi connectivity index (χ3v) is 1.39. The lowest BCUT2D eigenvalue weighted by molar-refractivity contribution is -0.124. The van der Waals surface area contributed by atoms with Gasteiger partial charge in [-0.2, -0.15) is 0 Å². The van der Waals surface area contributed by atoms with Crippen LogP contribution in [0.1, 0.15) is 13.8 Å². The first kappa shape index (κ1) is 9.95. The van der Waals surface area contributed by atoms with Crippen molar-refractivity contribution in [1.82, 2.24) is 4.90 Å². The molecule has 2 heteroatoms. The SMILES string of the molecule is C/C=C\C=C/C(=O)N(C)CC. The van der Waals surface area contributed by atoms with Gasteiger partial charge in [0.05, 0.1) is 0 Å². The van der Waals surface area contributed by atoms with Gasteiger partial charge in [-0.25, -0.2) is 0 Å². The monoisotopic (exact) mass is 153 g/mol. The highest BCUT2D eigenvalue weighted by molar-refractivity contribution is 5.87. The molecule has 0 aliphatic rings. The molecule has 0 fully saturated rings. The van der Waals surface area contributed by atoms with Crippen molar-refractivity contribution in [1.29, 1.82) is 0 Å². The van der Waals surface area contributed by atoms with Crippen LogP contribution in [0.4, 0.5) is 0 Å². The van der Waals surface area contributed by atoms with Gasteiger partial charge in [0, 0.05) is 19.7 Å². The van der Waals surface area contributed by atoms with Gasteiger partial charge < -0.3 is 4.90 Å². The van der Waals surface area contributed by atoms with Crippen LogP contribution in [0.15, 0.2) is 24.3 Å². The Morgan fingerprint density at radius 3 is 2.55 bits per heavy atom. The third-order valence-electron chi connectivity index (χ3n) is 1.39. The van der Waals surface area contributed by atoms with Crippen molar-refractivity contribution in [3.63, 3.8) is 0 Å². The smallest absolute Gasteiger partial charge is 0.246 e. The molecule has 0 aliphatic heterocycles. The van der Waals surface area contributed by atoms with Gasteiger partial charge in [-0.1, -0.05) is 18.2 Å². The number of carbonyl (C=O) groups excluding carboxylic acids is 1. The molecule has 0 N–H and O–H groups in total. The number of hydrogen-bond acceptors (Lipinski definition) is 1. The molecular formula is C9H15NO. The van der Waals surface area contributed by atoms with Gasteiger partial charge in [0.15, 0.2) is 0 Å². The Bertz CT molecular complexity index is 170. The van der Waals surface area contributed by atoms with E-state index in [-0.39, 0.29) is 5.91 Å². The summed E-state index contributed by atoms with van der Waals surface area (Å²) in [6.45, 7) is 4.61. The molecule has 0 rings (SSSR count). The van der Waals surface area contributed by atoms with Gasteiger partial charge in [-0.3, -0.25) is 4.79 Å². The lowest BCUT2D eigenvalue weighted by atomic mass is 10.4. The van der Waals surface area contributed by atoms with Crippen LogP contribution in [0.5, 0.6) is 0 Å². The topological polar surface area (TPSA) is 20.3 Å². The highest BCUT2D eigenvalue weighted by Gasteiger charge is 1.98. The maximum Gasteiger partial charge on any atom is 0.246 e. The van der Waals surface area contributed by atoms with Gasteiger partial charge >= 0.3 is 0 Å². The van der Waals surface area contributed by atoms with E-state index >= 15 is 0 Å². The highest BCUT2D eigenvalue weighted by atomic mass is 16.2. The first-order chi connectivity index (χ1) is 5.22. The zero-order chi connectivity index (χ0) is 8.69. The van der Waals surface area contributed by atoms with Crippen LogP contribution in [-0.4, -0.2) is 24.4 Å². The predicted molar refractivity (Wildman–Crippen MR) is 47.3 cm³/mol. The minimum absolute atomic E-state index is 0.0469. The van der Waals surface area contributed by atoms with Crippen molar-refractivity contribution < 1.29 is 4.79 Å². The molecule has 0 aromatic carbocycles. The Morgan fingerprint density at radius 1 is 1.45 bits per heavy atom. The molecule has 0 unspecified atom stereocenters. The Labute approximate surface area is 68.2 Å². The van der Waals surface area contributed by atoms with Crippen molar-refractivity contribution >= 4 is 5.91 Å². The molecule has 0 saturated heterocycles. The van der Waals surface area contributed by atoms with Gasteiger partial charge in [0.25, 0.3) is 0 Å². The zero-order valence-corrected chi connectivity index (χ0v) is 7.37. The van der Waals surface area contributed by atoms with E-state index in [4.69, 9.17) is 0 Å². The molecule has 1 amide bonds. The fourth-order valence-corrected chi connectivity index (χ4v) is 0.532. The Balaban J connectivity index is 3.86. The summed E-state index contributed by atoms with van der Waals surface area (Å²) in [6, 6.07) is 0. The first-order valence-corrected chi connectivity index (χ1v) is 3.76. The molecule has 11 heavy (non-hydrogen) atoms. The number of rotatable bonds is 3. The molecule has 0 atom stereocenters. The summed E-state index contributed by atoms with van der Waals surface area (Å²) in [4.78, 5) is 12.7. The number of likely N-dealkylation sites (N-methyl/N-ethyl adjacent to an activating group) is 1. The van der Waals surface area contributed by atoms with E-state index in [1.54, 1.807) is 24.1 Å². The normalized spacial score (nSPS) is 11.2. The maximum absolute atomic E-state index is 11.1. The van der Waals surface area contributed by atoms with Crippen molar-refractivity contribution in [2.75, 3.05) is 13.6 Å². The summed E-state index contributed by atoms with van der Waals surface area (Å²) in [5, 5.41) is 0. The molecular weight excluding hydrogens is 138 g/mol. The lowest BCUT2D eigenvalue weighted by Gasteiger charge is -2.10. The largest absolute Gasteiger partial charge is 0.343 e. The summed E-state index contributed by atoms with van der Waals surface area (Å²) < 4.78 is 0. The third kappa shape index (κ3) is 4.37. The summed E-state index contributed by atoms with van der Waals surface area (Å²) in [7, 11) is 1.78. The maximum atomic E-state index is 11.1. The van der Waals surface area contributed by atoms with Crippen molar-refractivity contribution in [3.05, 3.63) is 24.3 Å². The average molecular weight is 153 g/mol. The Morgan fingerprint density at radius 2 is 2.09 bits per heavy atom. The van der Waals surface area contributed by atoms with Gasteiger partial charge in [-0.15, -0.1) is 0 Å². The molecule has 0 aliphatic carbocycles. The summed E-state index contributed by atoms with van der Waals surface area (Å²) >= 11 is 0. The second-order valence-corrected chi connectivity index (χ2v) is 2.24. The molecule has 0 saturated carbocycles. The molecule has 0 aromatic rings. The second-order valence-electron chi connectivity index (χ2n) is 2.24. The number of amides is 1. The Hall–Kier alpha value is -1.05. The number of carbonyl (C=O) groups is 1. The van der Waals surface area contributed by atoms with Gasteiger partial charge in [0.2, 0.25) is 5.91 Å². The Kier molecular flexibility index (Phi) is 5.17. The molecule has 0 heterocycles. The van der Waals surface area contributed by atoms with E-state index in [1.165, 1.54) is 0 Å². The quantitative estimate of drug-likeness (QED) is 0.445. The van der Waals surface area contributed by atoms with E-state index in [2.05, 4.69) is 0 Å². The summed E-state index contributed by atoms with van der Waals surface area (Å²) in [5.74, 6) is 0.0469. The lowest BCUT2D eigenvalue weighted by Crippen LogP contribution is -2.23. The van der Waals surface area contributed by atoms with Crippen molar-refractivity contribution in [2.45, 2.75) is 13.8 Å². The van der Waals surface area contributed by atoms with Crippen molar-refractivity contribution in [2.24, 2.45) is 0 Å². The van der Waals surface area contributed by atoms with Crippen LogP contribution in [0.25, 0.3) is 0 Å².